The summed E-state index contributed by atoms with van der Waals surface area (Å²) in [4.78, 5) is 0. The van der Waals surface area contributed by atoms with Crippen molar-refractivity contribution in [1.29, 1.82) is 0 Å². The van der Waals surface area contributed by atoms with Crippen LogP contribution in [-0.4, -0.2) is 9.78 Å². The first kappa shape index (κ1) is 13.1. The minimum Gasteiger partial charge on any atom is -0.325 e. The van der Waals surface area contributed by atoms with E-state index in [-0.39, 0.29) is 5.82 Å². The van der Waals surface area contributed by atoms with Gasteiger partial charge in [0.05, 0.1) is 17.8 Å². The summed E-state index contributed by atoms with van der Waals surface area (Å²) in [5.74, 6) is -0.341. The molecule has 0 saturated heterocycles. The van der Waals surface area contributed by atoms with E-state index < -0.39 is 0 Å². The van der Waals surface area contributed by atoms with E-state index in [4.69, 9.17) is 17.3 Å². The fourth-order valence-electron chi connectivity index (χ4n) is 2.28. The maximum Gasteiger partial charge on any atom is 0.124 e. The van der Waals surface area contributed by atoms with E-state index in [9.17, 15) is 4.39 Å². The van der Waals surface area contributed by atoms with Crippen molar-refractivity contribution in [3.05, 3.63) is 64.6 Å². The second-order valence-electron chi connectivity index (χ2n) is 4.56. The third-order valence-corrected chi connectivity index (χ3v) is 3.61. The minimum absolute atomic E-state index is 0.341. The smallest absolute Gasteiger partial charge is 0.124 e. The Morgan fingerprint density at radius 3 is 2.75 bits per heavy atom. The number of para-hydroxylation sites is 1. The molecule has 0 aliphatic rings. The van der Waals surface area contributed by atoms with E-state index in [2.05, 4.69) is 5.10 Å². The molecule has 5 heteroatoms. The average Bonchev–Trinajstić information content (AvgIpc) is 2.80. The Kier molecular flexibility index (Phi) is 3.42. The van der Waals surface area contributed by atoms with E-state index in [1.54, 1.807) is 6.07 Å². The standard InChI is InChI=1S/C15H13ClFN3/c16-13-7-11(17)6-5-10(13)9-20-15-4-2-1-3-12(15)14(8-18)19-20/h1-7H,8-9,18H2. The van der Waals surface area contributed by atoms with Crippen LogP contribution < -0.4 is 5.73 Å². The summed E-state index contributed by atoms with van der Waals surface area (Å²) in [6.45, 7) is 0.865. The highest BCUT2D eigenvalue weighted by Crippen LogP contribution is 2.22. The summed E-state index contributed by atoms with van der Waals surface area (Å²) in [5.41, 5.74) is 8.38. The van der Waals surface area contributed by atoms with Gasteiger partial charge in [-0.25, -0.2) is 4.39 Å². The maximum absolute atomic E-state index is 13.1. The van der Waals surface area contributed by atoms with Crippen LogP contribution in [0.2, 0.25) is 5.02 Å². The van der Waals surface area contributed by atoms with Gasteiger partial charge in [0.15, 0.2) is 0 Å². The first-order valence-electron chi connectivity index (χ1n) is 6.27. The lowest BCUT2D eigenvalue weighted by molar-refractivity contribution is 0.625. The molecule has 0 unspecified atom stereocenters. The van der Waals surface area contributed by atoms with Gasteiger partial charge in [0, 0.05) is 17.0 Å². The van der Waals surface area contributed by atoms with Crippen LogP contribution in [0.25, 0.3) is 10.9 Å². The van der Waals surface area contributed by atoms with Gasteiger partial charge in [-0.05, 0) is 23.8 Å². The highest BCUT2D eigenvalue weighted by atomic mass is 35.5. The lowest BCUT2D eigenvalue weighted by atomic mass is 10.2. The quantitative estimate of drug-likeness (QED) is 0.804. The monoisotopic (exact) mass is 289 g/mol. The molecule has 0 aliphatic heterocycles. The molecule has 0 saturated carbocycles. The van der Waals surface area contributed by atoms with Gasteiger partial charge in [-0.2, -0.15) is 5.10 Å². The van der Waals surface area contributed by atoms with Crippen LogP contribution in [0.15, 0.2) is 42.5 Å². The van der Waals surface area contributed by atoms with E-state index >= 15 is 0 Å². The second kappa shape index (κ2) is 5.23. The summed E-state index contributed by atoms with van der Waals surface area (Å²) in [7, 11) is 0. The third kappa shape index (κ3) is 2.28. The van der Waals surface area contributed by atoms with Crippen molar-refractivity contribution in [3.63, 3.8) is 0 Å². The Bertz CT molecular complexity index is 767. The molecule has 3 aromatic rings. The largest absolute Gasteiger partial charge is 0.325 e. The third-order valence-electron chi connectivity index (χ3n) is 3.26. The number of rotatable bonds is 3. The van der Waals surface area contributed by atoms with Gasteiger partial charge in [-0.1, -0.05) is 35.9 Å². The molecule has 0 aliphatic carbocycles. The van der Waals surface area contributed by atoms with Crippen LogP contribution in [0.1, 0.15) is 11.3 Å². The molecule has 2 aromatic carbocycles. The SMILES string of the molecule is NCc1nn(Cc2ccc(F)cc2Cl)c2ccccc12. The fraction of sp³-hybridized carbons (Fsp3) is 0.133. The molecule has 3 nitrogen and oxygen atoms in total. The summed E-state index contributed by atoms with van der Waals surface area (Å²) in [6.07, 6.45) is 0. The Morgan fingerprint density at radius 2 is 2.00 bits per heavy atom. The van der Waals surface area contributed by atoms with Crippen LogP contribution in [0.5, 0.6) is 0 Å². The Labute approximate surface area is 120 Å². The predicted molar refractivity (Wildman–Crippen MR) is 78.1 cm³/mol. The fourth-order valence-corrected chi connectivity index (χ4v) is 2.51. The highest BCUT2D eigenvalue weighted by Gasteiger charge is 2.10. The van der Waals surface area contributed by atoms with Gasteiger partial charge in [-0.3, -0.25) is 4.68 Å². The van der Waals surface area contributed by atoms with Gasteiger partial charge >= 0.3 is 0 Å². The van der Waals surface area contributed by atoms with Crippen molar-refractivity contribution in [2.24, 2.45) is 5.73 Å². The zero-order valence-electron chi connectivity index (χ0n) is 10.7. The van der Waals surface area contributed by atoms with Crippen LogP contribution in [0, 0.1) is 5.82 Å². The predicted octanol–water partition coefficient (Wildman–Crippen LogP) is 3.34. The van der Waals surface area contributed by atoms with Crippen LogP contribution in [0.4, 0.5) is 4.39 Å². The molecule has 0 fully saturated rings. The normalized spacial score (nSPS) is 11.2. The lowest BCUT2D eigenvalue weighted by Crippen LogP contribution is -2.04. The molecule has 0 atom stereocenters. The molecule has 0 bridgehead atoms. The average molecular weight is 290 g/mol. The Morgan fingerprint density at radius 1 is 1.20 bits per heavy atom. The number of fused-ring (bicyclic) bond motifs is 1. The molecule has 20 heavy (non-hydrogen) atoms. The van der Waals surface area contributed by atoms with Gasteiger partial charge < -0.3 is 5.73 Å². The van der Waals surface area contributed by atoms with Crippen molar-refractivity contribution in [2.45, 2.75) is 13.1 Å². The maximum atomic E-state index is 13.1. The number of aromatic nitrogens is 2. The molecule has 0 spiro atoms. The van der Waals surface area contributed by atoms with Crippen molar-refractivity contribution < 1.29 is 4.39 Å². The molecule has 3 rings (SSSR count). The topological polar surface area (TPSA) is 43.8 Å². The number of hydrogen-bond donors (Lipinski definition) is 1. The van der Waals surface area contributed by atoms with Crippen molar-refractivity contribution in [2.75, 3.05) is 0 Å². The molecule has 1 heterocycles. The molecule has 0 amide bonds. The van der Waals surface area contributed by atoms with E-state index in [1.165, 1.54) is 12.1 Å². The number of hydrogen-bond acceptors (Lipinski definition) is 2. The van der Waals surface area contributed by atoms with E-state index in [0.717, 1.165) is 22.2 Å². The van der Waals surface area contributed by atoms with E-state index in [1.807, 2.05) is 28.9 Å². The molecule has 2 N–H and O–H groups in total. The van der Waals surface area contributed by atoms with Crippen LogP contribution in [-0.2, 0) is 13.1 Å². The zero-order valence-corrected chi connectivity index (χ0v) is 11.4. The van der Waals surface area contributed by atoms with Crippen molar-refractivity contribution in [3.8, 4) is 0 Å². The zero-order chi connectivity index (χ0) is 14.1. The van der Waals surface area contributed by atoms with Crippen molar-refractivity contribution in [1.82, 2.24) is 9.78 Å². The van der Waals surface area contributed by atoms with Gasteiger partial charge in [0.25, 0.3) is 0 Å². The molecule has 0 radical (unpaired) electrons. The molecule has 1 aromatic heterocycles. The highest BCUT2D eigenvalue weighted by molar-refractivity contribution is 6.31. The van der Waals surface area contributed by atoms with E-state index in [0.29, 0.717) is 18.1 Å². The van der Waals surface area contributed by atoms with Gasteiger partial charge in [0.1, 0.15) is 5.82 Å². The summed E-state index contributed by atoms with van der Waals surface area (Å²) in [6, 6.07) is 12.3. The number of halogens is 2. The Hall–Kier alpha value is -1.91. The van der Waals surface area contributed by atoms with Gasteiger partial charge in [-0.15, -0.1) is 0 Å². The summed E-state index contributed by atoms with van der Waals surface area (Å²) >= 11 is 6.07. The van der Waals surface area contributed by atoms with Crippen LogP contribution >= 0.6 is 11.6 Å². The number of nitrogens with zero attached hydrogens (tertiary/aromatic N) is 2. The lowest BCUT2D eigenvalue weighted by Gasteiger charge is -2.06. The second-order valence-corrected chi connectivity index (χ2v) is 4.97. The number of nitrogens with two attached hydrogens (primary N) is 1. The first-order valence-corrected chi connectivity index (χ1v) is 6.65. The number of benzene rings is 2. The summed E-state index contributed by atoms with van der Waals surface area (Å²) in [5, 5.41) is 5.94. The van der Waals surface area contributed by atoms with Crippen molar-refractivity contribution >= 4 is 22.5 Å². The molecule has 102 valence electrons. The molecular formula is C15H13ClFN3. The first-order chi connectivity index (χ1) is 9.69. The Balaban J connectivity index is 2.06. The summed E-state index contributed by atoms with van der Waals surface area (Å²) < 4.78 is 14.9. The minimum atomic E-state index is -0.341. The van der Waals surface area contributed by atoms with Gasteiger partial charge in [0.2, 0.25) is 0 Å². The van der Waals surface area contributed by atoms with Crippen LogP contribution in [0.3, 0.4) is 0 Å². The molecular weight excluding hydrogens is 277 g/mol.